The van der Waals surface area contributed by atoms with Gasteiger partial charge in [0, 0.05) is 39.4 Å². The Morgan fingerprint density at radius 2 is 1.73 bits per heavy atom. The number of carboxylic acid groups (broad SMARTS) is 1. The highest BCUT2D eigenvalue weighted by Gasteiger charge is 2.16. The van der Waals surface area contributed by atoms with Crippen LogP contribution in [0.15, 0.2) is 0 Å². The lowest BCUT2D eigenvalue weighted by molar-refractivity contribution is -0.145. The molecule has 10 nitrogen and oxygen atoms in total. The molecule has 0 aliphatic heterocycles. The van der Waals surface area contributed by atoms with Gasteiger partial charge in [-0.15, -0.1) is 0 Å². The lowest BCUT2D eigenvalue weighted by Crippen LogP contribution is -2.44. The van der Waals surface area contributed by atoms with Gasteiger partial charge < -0.3 is 25.8 Å². The fourth-order valence-electron chi connectivity index (χ4n) is 1.89. The summed E-state index contributed by atoms with van der Waals surface area (Å²) in [5, 5.41) is 11.1. The van der Waals surface area contributed by atoms with E-state index in [1.165, 1.54) is 18.7 Å². The third kappa shape index (κ3) is 12.0. The van der Waals surface area contributed by atoms with Crippen molar-refractivity contribution in [3.8, 4) is 0 Å². The maximum absolute atomic E-state index is 11.7. The summed E-state index contributed by atoms with van der Waals surface area (Å²) in [6, 6.07) is -0.937. The van der Waals surface area contributed by atoms with Gasteiger partial charge in [-0.05, 0) is 13.3 Å². The summed E-state index contributed by atoms with van der Waals surface area (Å²) in [6.45, 7) is 3.16. The molecule has 148 valence electrons. The summed E-state index contributed by atoms with van der Waals surface area (Å²) in [7, 11) is 0. The van der Waals surface area contributed by atoms with Crippen molar-refractivity contribution < 1.29 is 33.8 Å². The van der Waals surface area contributed by atoms with Crippen LogP contribution in [-0.4, -0.2) is 71.8 Å². The minimum Gasteiger partial charge on any atom is -0.481 e. The molecule has 0 radical (unpaired) electrons. The van der Waals surface area contributed by atoms with Gasteiger partial charge in [-0.2, -0.15) is 0 Å². The zero-order chi connectivity index (χ0) is 20.1. The molecule has 1 atom stereocenters. The maximum atomic E-state index is 11.7. The molecule has 0 aromatic heterocycles. The number of carbonyl (C=O) groups excluding carboxylic acids is 4. The van der Waals surface area contributed by atoms with E-state index in [1.807, 2.05) is 0 Å². The van der Waals surface area contributed by atoms with Gasteiger partial charge in [0.1, 0.15) is 5.78 Å². The molecule has 0 spiro atoms. The lowest BCUT2D eigenvalue weighted by Gasteiger charge is -2.21. The smallest absolute Gasteiger partial charge is 0.307 e. The minimum absolute atomic E-state index is 0.0124. The van der Waals surface area contributed by atoms with Crippen molar-refractivity contribution in [2.45, 2.75) is 45.6 Å². The summed E-state index contributed by atoms with van der Waals surface area (Å²) in [6.07, 6.45) is -0.0660. The molecule has 26 heavy (non-hydrogen) atoms. The topological polar surface area (TPSA) is 156 Å². The van der Waals surface area contributed by atoms with Crippen LogP contribution >= 0.6 is 0 Å². The molecule has 0 aliphatic rings. The third-order valence-corrected chi connectivity index (χ3v) is 3.44. The molecular weight excluding hydrogens is 346 g/mol. The number of carbonyl (C=O) groups is 5. The number of hydrogen-bond acceptors (Lipinski definition) is 7. The molecule has 4 N–H and O–H groups in total. The molecule has 0 bridgehead atoms. The highest BCUT2D eigenvalue weighted by molar-refractivity contribution is 5.82. The Hall–Kier alpha value is -2.49. The molecule has 2 amide bonds. The SMILES string of the molecule is CC(=O)CCOC(=O)CCN(CCNC(=O)[C@@H](N)CCC(=O)O)C(C)=O. The Kier molecular flexibility index (Phi) is 11.6. The number of ketones is 1. The average Bonchev–Trinajstić information content (AvgIpc) is 2.54. The van der Waals surface area contributed by atoms with E-state index in [1.54, 1.807) is 0 Å². The first-order chi connectivity index (χ1) is 12.1. The molecule has 0 aromatic carbocycles. The summed E-state index contributed by atoms with van der Waals surface area (Å²) in [4.78, 5) is 57.4. The fraction of sp³-hybridized carbons (Fsp3) is 0.688. The predicted octanol–water partition coefficient (Wildman–Crippen LogP) is -0.944. The number of amides is 2. The zero-order valence-electron chi connectivity index (χ0n) is 15.2. The van der Waals surface area contributed by atoms with Crippen molar-refractivity contribution in [2.75, 3.05) is 26.2 Å². The third-order valence-electron chi connectivity index (χ3n) is 3.44. The standard InChI is InChI=1S/C16H27N3O7/c1-11(20)6-10-26-15(24)5-8-19(12(2)21)9-7-18-16(25)13(17)3-4-14(22)23/h13H,3-10,17H2,1-2H3,(H,18,25)(H,22,23)/t13-/m0/s1. The molecule has 10 heteroatoms. The summed E-state index contributed by atoms with van der Waals surface area (Å²) in [5.41, 5.74) is 5.57. The molecule has 0 heterocycles. The van der Waals surface area contributed by atoms with Crippen LogP contribution < -0.4 is 11.1 Å². The van der Waals surface area contributed by atoms with E-state index in [4.69, 9.17) is 15.6 Å². The van der Waals surface area contributed by atoms with Crippen LogP contribution in [0.25, 0.3) is 0 Å². The van der Waals surface area contributed by atoms with E-state index in [2.05, 4.69) is 5.32 Å². The largest absolute Gasteiger partial charge is 0.481 e. The van der Waals surface area contributed by atoms with Crippen molar-refractivity contribution in [3.63, 3.8) is 0 Å². The van der Waals surface area contributed by atoms with E-state index in [0.29, 0.717) is 0 Å². The van der Waals surface area contributed by atoms with E-state index in [-0.39, 0.29) is 63.6 Å². The Morgan fingerprint density at radius 1 is 1.08 bits per heavy atom. The Bertz CT molecular complexity index is 522. The van der Waals surface area contributed by atoms with Gasteiger partial charge in [-0.3, -0.25) is 24.0 Å². The number of rotatable bonds is 13. The second-order valence-corrected chi connectivity index (χ2v) is 5.76. The second-order valence-electron chi connectivity index (χ2n) is 5.76. The van der Waals surface area contributed by atoms with Crippen LogP contribution in [0, 0.1) is 0 Å². The predicted molar refractivity (Wildman–Crippen MR) is 91.0 cm³/mol. The Balaban J connectivity index is 4.14. The first-order valence-electron chi connectivity index (χ1n) is 8.29. The number of Topliss-reactive ketones (excluding diaryl/α,β-unsaturated/α-hetero) is 1. The molecular formula is C16H27N3O7. The lowest BCUT2D eigenvalue weighted by atomic mass is 10.1. The van der Waals surface area contributed by atoms with Gasteiger partial charge in [-0.1, -0.05) is 0 Å². The molecule has 0 saturated carbocycles. The molecule has 0 rings (SSSR count). The second kappa shape index (κ2) is 12.8. The van der Waals surface area contributed by atoms with Crippen molar-refractivity contribution in [1.29, 1.82) is 0 Å². The van der Waals surface area contributed by atoms with Crippen LogP contribution in [0.1, 0.15) is 39.5 Å². The first kappa shape index (κ1) is 23.5. The highest BCUT2D eigenvalue weighted by Crippen LogP contribution is 1.97. The van der Waals surface area contributed by atoms with Gasteiger partial charge >= 0.3 is 11.9 Å². The van der Waals surface area contributed by atoms with Gasteiger partial charge in [0.25, 0.3) is 0 Å². The maximum Gasteiger partial charge on any atom is 0.307 e. The van der Waals surface area contributed by atoms with Crippen molar-refractivity contribution in [2.24, 2.45) is 5.73 Å². The van der Waals surface area contributed by atoms with Crippen molar-refractivity contribution in [1.82, 2.24) is 10.2 Å². The van der Waals surface area contributed by atoms with Gasteiger partial charge in [0.15, 0.2) is 0 Å². The Labute approximate surface area is 152 Å². The van der Waals surface area contributed by atoms with Gasteiger partial charge in [0.2, 0.25) is 11.8 Å². The highest BCUT2D eigenvalue weighted by atomic mass is 16.5. The van der Waals surface area contributed by atoms with E-state index in [0.717, 1.165) is 0 Å². The number of aliphatic carboxylic acids is 1. The number of carboxylic acids is 1. The monoisotopic (exact) mass is 373 g/mol. The number of esters is 1. The van der Waals surface area contributed by atoms with Crippen LogP contribution in [-0.2, 0) is 28.7 Å². The number of nitrogens with one attached hydrogen (secondary N) is 1. The quantitative estimate of drug-likeness (QED) is 0.349. The molecule has 0 saturated heterocycles. The van der Waals surface area contributed by atoms with E-state index >= 15 is 0 Å². The average molecular weight is 373 g/mol. The number of hydrogen-bond donors (Lipinski definition) is 3. The first-order valence-corrected chi connectivity index (χ1v) is 8.29. The summed E-state index contributed by atoms with van der Waals surface area (Å²) >= 11 is 0. The summed E-state index contributed by atoms with van der Waals surface area (Å²) in [5.74, 6) is -2.41. The van der Waals surface area contributed by atoms with E-state index < -0.39 is 23.9 Å². The number of ether oxygens (including phenoxy) is 1. The number of nitrogens with two attached hydrogens (primary N) is 1. The Morgan fingerprint density at radius 3 is 2.27 bits per heavy atom. The minimum atomic E-state index is -1.04. The normalized spacial score (nSPS) is 11.3. The van der Waals surface area contributed by atoms with Crippen molar-refractivity contribution in [3.05, 3.63) is 0 Å². The van der Waals surface area contributed by atoms with Crippen molar-refractivity contribution >= 4 is 29.5 Å². The molecule has 0 aliphatic carbocycles. The van der Waals surface area contributed by atoms with Crippen LogP contribution in [0.2, 0.25) is 0 Å². The van der Waals surface area contributed by atoms with Crippen LogP contribution in [0.4, 0.5) is 0 Å². The van der Waals surface area contributed by atoms with Gasteiger partial charge in [0.05, 0.1) is 19.1 Å². The molecule has 0 fully saturated rings. The van der Waals surface area contributed by atoms with Gasteiger partial charge in [-0.25, -0.2) is 0 Å². The zero-order valence-corrected chi connectivity index (χ0v) is 15.2. The van der Waals surface area contributed by atoms with Crippen LogP contribution in [0.5, 0.6) is 0 Å². The fourth-order valence-corrected chi connectivity index (χ4v) is 1.89. The number of nitrogens with zero attached hydrogens (tertiary/aromatic N) is 1. The van der Waals surface area contributed by atoms with Crippen LogP contribution in [0.3, 0.4) is 0 Å². The van der Waals surface area contributed by atoms with E-state index in [9.17, 15) is 24.0 Å². The molecule has 0 unspecified atom stereocenters. The summed E-state index contributed by atoms with van der Waals surface area (Å²) < 4.78 is 4.87. The molecule has 0 aromatic rings.